The summed E-state index contributed by atoms with van der Waals surface area (Å²) in [6.45, 7) is 0.168. The van der Waals surface area contributed by atoms with Crippen molar-refractivity contribution >= 4 is 23.5 Å². The van der Waals surface area contributed by atoms with E-state index in [9.17, 15) is 22.8 Å². The SMILES string of the molecule is COc1cc(/C=C/C(=O)N2CCC=C(c3ccc(C(F)(F)F)cc3)C2=O)cc(OC)c1OC. The molecule has 0 saturated heterocycles. The zero-order valence-corrected chi connectivity index (χ0v) is 18.2. The maximum absolute atomic E-state index is 12.9. The minimum Gasteiger partial charge on any atom is -0.493 e. The van der Waals surface area contributed by atoms with Gasteiger partial charge >= 0.3 is 6.18 Å². The molecule has 1 aliphatic rings. The second-order valence-electron chi connectivity index (χ2n) is 7.07. The Bertz CT molecular complexity index is 1080. The first-order valence-corrected chi connectivity index (χ1v) is 9.91. The van der Waals surface area contributed by atoms with E-state index in [2.05, 4.69) is 0 Å². The lowest BCUT2D eigenvalue weighted by atomic mass is 9.99. The first-order chi connectivity index (χ1) is 15.7. The maximum atomic E-state index is 12.9. The van der Waals surface area contributed by atoms with Crippen LogP contribution in [-0.4, -0.2) is 44.6 Å². The van der Waals surface area contributed by atoms with Gasteiger partial charge in [0.1, 0.15) is 0 Å². The molecule has 0 radical (unpaired) electrons. The number of ether oxygens (including phenoxy) is 3. The third kappa shape index (κ3) is 5.19. The Morgan fingerprint density at radius 3 is 2.12 bits per heavy atom. The molecule has 2 amide bonds. The summed E-state index contributed by atoms with van der Waals surface area (Å²) in [5.74, 6) is 0.101. The van der Waals surface area contributed by atoms with E-state index in [-0.39, 0.29) is 12.1 Å². The molecular formula is C24H22F3NO5. The predicted molar refractivity (Wildman–Crippen MR) is 116 cm³/mol. The van der Waals surface area contributed by atoms with Gasteiger partial charge in [-0.1, -0.05) is 18.2 Å². The van der Waals surface area contributed by atoms with Gasteiger partial charge in [-0.3, -0.25) is 14.5 Å². The van der Waals surface area contributed by atoms with Gasteiger partial charge < -0.3 is 14.2 Å². The van der Waals surface area contributed by atoms with Crippen LogP contribution in [0.2, 0.25) is 0 Å². The molecule has 2 aromatic rings. The van der Waals surface area contributed by atoms with Crippen LogP contribution in [0.5, 0.6) is 17.2 Å². The number of methoxy groups -OCH3 is 3. The van der Waals surface area contributed by atoms with Crippen molar-refractivity contribution in [2.24, 2.45) is 0 Å². The van der Waals surface area contributed by atoms with Crippen LogP contribution >= 0.6 is 0 Å². The fourth-order valence-electron chi connectivity index (χ4n) is 3.42. The van der Waals surface area contributed by atoms with E-state index >= 15 is 0 Å². The molecule has 2 aromatic carbocycles. The summed E-state index contributed by atoms with van der Waals surface area (Å²) in [6, 6.07) is 7.58. The van der Waals surface area contributed by atoms with Crippen LogP contribution in [0.25, 0.3) is 11.6 Å². The Kier molecular flexibility index (Phi) is 7.10. The lowest BCUT2D eigenvalue weighted by Gasteiger charge is -2.24. The molecule has 0 N–H and O–H groups in total. The van der Waals surface area contributed by atoms with Crippen molar-refractivity contribution in [3.05, 3.63) is 65.2 Å². The zero-order chi connectivity index (χ0) is 24.2. The van der Waals surface area contributed by atoms with E-state index in [1.54, 1.807) is 18.2 Å². The van der Waals surface area contributed by atoms with Gasteiger partial charge in [-0.05, 0) is 47.9 Å². The molecule has 33 heavy (non-hydrogen) atoms. The average Bonchev–Trinajstić information content (AvgIpc) is 2.81. The minimum atomic E-state index is -4.47. The van der Waals surface area contributed by atoms with Gasteiger partial charge in [-0.25, -0.2) is 0 Å². The number of imide groups is 1. The summed E-state index contributed by atoms with van der Waals surface area (Å²) in [5.41, 5.74) is 0.278. The molecule has 6 nitrogen and oxygen atoms in total. The van der Waals surface area contributed by atoms with Crippen molar-refractivity contribution in [1.29, 1.82) is 0 Å². The molecule has 9 heteroatoms. The number of nitrogens with zero attached hydrogens (tertiary/aromatic N) is 1. The van der Waals surface area contributed by atoms with Crippen molar-refractivity contribution in [1.82, 2.24) is 4.90 Å². The quantitative estimate of drug-likeness (QED) is 0.589. The van der Waals surface area contributed by atoms with E-state index in [0.29, 0.717) is 34.8 Å². The fraction of sp³-hybridized carbons (Fsp3) is 0.250. The summed E-state index contributed by atoms with van der Waals surface area (Å²) >= 11 is 0. The predicted octanol–water partition coefficient (Wildman–Crippen LogP) is 4.59. The van der Waals surface area contributed by atoms with Crippen LogP contribution < -0.4 is 14.2 Å². The molecule has 0 aliphatic carbocycles. The second-order valence-corrected chi connectivity index (χ2v) is 7.07. The van der Waals surface area contributed by atoms with Crippen molar-refractivity contribution in [3.8, 4) is 17.2 Å². The number of alkyl halides is 3. The van der Waals surface area contributed by atoms with Crippen LogP contribution in [0.4, 0.5) is 13.2 Å². The molecular weight excluding hydrogens is 439 g/mol. The largest absolute Gasteiger partial charge is 0.493 e. The third-order valence-corrected chi connectivity index (χ3v) is 5.07. The number of halogens is 3. The van der Waals surface area contributed by atoms with E-state index in [4.69, 9.17) is 14.2 Å². The smallest absolute Gasteiger partial charge is 0.416 e. The summed E-state index contributed by atoms with van der Waals surface area (Å²) in [4.78, 5) is 26.7. The highest BCUT2D eigenvalue weighted by atomic mass is 19.4. The van der Waals surface area contributed by atoms with Crippen LogP contribution in [0.3, 0.4) is 0 Å². The van der Waals surface area contributed by atoms with Gasteiger partial charge in [-0.15, -0.1) is 0 Å². The molecule has 3 rings (SSSR count). The lowest BCUT2D eigenvalue weighted by Crippen LogP contribution is -2.39. The summed E-state index contributed by atoms with van der Waals surface area (Å²) in [6.07, 6.45) is 0.303. The first-order valence-electron chi connectivity index (χ1n) is 9.91. The molecule has 0 unspecified atom stereocenters. The molecule has 174 valence electrons. The van der Waals surface area contributed by atoms with Crippen LogP contribution in [-0.2, 0) is 15.8 Å². The summed E-state index contributed by atoms with van der Waals surface area (Å²) in [7, 11) is 4.41. The van der Waals surface area contributed by atoms with Crippen molar-refractivity contribution in [2.75, 3.05) is 27.9 Å². The van der Waals surface area contributed by atoms with E-state index in [1.807, 2.05) is 0 Å². The molecule has 0 aromatic heterocycles. The number of hydrogen-bond acceptors (Lipinski definition) is 5. The summed E-state index contributed by atoms with van der Waals surface area (Å²) < 4.78 is 54.2. The van der Waals surface area contributed by atoms with E-state index in [1.165, 1.54) is 45.6 Å². The van der Waals surface area contributed by atoms with Crippen LogP contribution in [0, 0.1) is 0 Å². The Labute approximate surface area is 188 Å². The Morgan fingerprint density at radius 1 is 1.00 bits per heavy atom. The highest BCUT2D eigenvalue weighted by molar-refractivity contribution is 6.25. The Hall–Kier alpha value is -3.75. The van der Waals surface area contributed by atoms with Gasteiger partial charge in [0.2, 0.25) is 5.75 Å². The number of carbonyl (C=O) groups excluding carboxylic acids is 2. The minimum absolute atomic E-state index is 0.168. The first kappa shape index (κ1) is 23.9. The van der Waals surface area contributed by atoms with Crippen molar-refractivity contribution < 1.29 is 37.0 Å². The molecule has 1 aliphatic heterocycles. The highest BCUT2D eigenvalue weighted by Gasteiger charge is 2.31. The average molecular weight is 461 g/mol. The fourth-order valence-corrected chi connectivity index (χ4v) is 3.42. The number of carbonyl (C=O) groups is 2. The molecule has 0 saturated carbocycles. The highest BCUT2D eigenvalue weighted by Crippen LogP contribution is 2.38. The number of rotatable bonds is 6. The monoisotopic (exact) mass is 461 g/mol. The third-order valence-electron chi connectivity index (χ3n) is 5.07. The number of benzene rings is 2. The van der Waals surface area contributed by atoms with Gasteiger partial charge in [-0.2, -0.15) is 13.2 Å². The topological polar surface area (TPSA) is 65.1 Å². The van der Waals surface area contributed by atoms with Gasteiger partial charge in [0.15, 0.2) is 11.5 Å². The van der Waals surface area contributed by atoms with Crippen LogP contribution in [0.1, 0.15) is 23.1 Å². The molecule has 0 fully saturated rings. The van der Waals surface area contributed by atoms with Gasteiger partial charge in [0.05, 0.1) is 26.9 Å². The van der Waals surface area contributed by atoms with Crippen molar-refractivity contribution in [3.63, 3.8) is 0 Å². The second kappa shape index (κ2) is 9.81. The summed E-state index contributed by atoms with van der Waals surface area (Å²) in [5, 5.41) is 0. The van der Waals surface area contributed by atoms with E-state index in [0.717, 1.165) is 17.0 Å². The zero-order valence-electron chi connectivity index (χ0n) is 18.2. The molecule has 0 bridgehead atoms. The molecule has 0 atom stereocenters. The van der Waals surface area contributed by atoms with Crippen LogP contribution in [0.15, 0.2) is 48.6 Å². The van der Waals surface area contributed by atoms with Gasteiger partial charge in [0.25, 0.3) is 11.8 Å². The Balaban J connectivity index is 1.79. The number of hydrogen-bond donors (Lipinski definition) is 0. The lowest BCUT2D eigenvalue weighted by molar-refractivity contribution is -0.139. The normalized spacial score (nSPS) is 14.3. The van der Waals surface area contributed by atoms with Crippen molar-refractivity contribution in [2.45, 2.75) is 12.6 Å². The molecule has 1 heterocycles. The van der Waals surface area contributed by atoms with E-state index < -0.39 is 23.6 Å². The molecule has 0 spiro atoms. The standard InChI is InChI=1S/C24H22F3NO5/c1-31-19-13-15(14-20(32-2)22(19)33-3)6-11-21(29)28-12-4-5-18(23(28)30)16-7-9-17(10-8-16)24(25,26)27/h5-11,13-14H,4,12H2,1-3H3/b11-6+. The number of amides is 2. The Morgan fingerprint density at radius 2 is 1.61 bits per heavy atom. The van der Waals surface area contributed by atoms with Gasteiger partial charge in [0, 0.05) is 18.2 Å². The maximum Gasteiger partial charge on any atom is 0.416 e.